The molecule has 0 amide bonds. The normalized spacial score (nSPS) is 17.2. The van der Waals surface area contributed by atoms with Gasteiger partial charge in [-0.05, 0) is 55.1 Å². The summed E-state index contributed by atoms with van der Waals surface area (Å²) in [5.74, 6) is 0. The summed E-state index contributed by atoms with van der Waals surface area (Å²) in [5.41, 5.74) is 2.88. The molecule has 0 radical (unpaired) electrons. The first-order chi connectivity index (χ1) is 8.63. The molecule has 0 atom stereocenters. The fourth-order valence-corrected chi connectivity index (χ4v) is 3.46. The molecule has 2 nitrogen and oxygen atoms in total. The number of nitrogens with zero attached hydrogens (tertiary/aromatic N) is 1. The SMILES string of the molecule is CCCC1(Cn2c(=S)[nH]c3cc(Br)ccc32)CC1. The summed E-state index contributed by atoms with van der Waals surface area (Å²) >= 11 is 8.97. The van der Waals surface area contributed by atoms with Crippen LogP contribution in [0.4, 0.5) is 0 Å². The molecule has 1 aliphatic rings. The van der Waals surface area contributed by atoms with Crippen LogP contribution in [0.15, 0.2) is 22.7 Å². The lowest BCUT2D eigenvalue weighted by atomic mass is 10.0. The highest BCUT2D eigenvalue weighted by Gasteiger charge is 2.42. The van der Waals surface area contributed by atoms with Gasteiger partial charge in [-0.3, -0.25) is 0 Å². The number of H-pyrrole nitrogens is 1. The molecule has 1 N–H and O–H groups in total. The third-order valence-corrected chi connectivity index (χ3v) is 4.78. The van der Waals surface area contributed by atoms with Crippen molar-refractivity contribution in [1.29, 1.82) is 0 Å². The van der Waals surface area contributed by atoms with Gasteiger partial charge >= 0.3 is 0 Å². The van der Waals surface area contributed by atoms with Crippen molar-refractivity contribution in [2.75, 3.05) is 0 Å². The van der Waals surface area contributed by atoms with E-state index in [0.717, 1.165) is 21.3 Å². The first kappa shape index (κ1) is 12.4. The minimum absolute atomic E-state index is 0.523. The van der Waals surface area contributed by atoms with Gasteiger partial charge in [0.1, 0.15) is 0 Å². The largest absolute Gasteiger partial charge is 0.331 e. The van der Waals surface area contributed by atoms with Crippen molar-refractivity contribution in [3.05, 3.63) is 27.4 Å². The Bertz CT molecular complexity index is 637. The Balaban J connectivity index is 2.01. The number of hydrogen-bond donors (Lipinski definition) is 1. The maximum Gasteiger partial charge on any atom is 0.178 e. The minimum Gasteiger partial charge on any atom is -0.331 e. The molecule has 2 aromatic rings. The standard InChI is InChI=1S/C14H17BrN2S/c1-2-5-14(6-7-14)9-17-12-4-3-10(15)8-11(12)16-13(17)18/h3-4,8H,2,5-7,9H2,1H3,(H,16,18). The summed E-state index contributed by atoms with van der Waals surface area (Å²) in [6.45, 7) is 3.34. The van der Waals surface area contributed by atoms with Gasteiger partial charge in [0.2, 0.25) is 0 Å². The van der Waals surface area contributed by atoms with Gasteiger partial charge in [0.05, 0.1) is 11.0 Å². The van der Waals surface area contributed by atoms with E-state index in [-0.39, 0.29) is 0 Å². The Morgan fingerprint density at radius 1 is 1.44 bits per heavy atom. The van der Waals surface area contributed by atoms with Gasteiger partial charge in [-0.1, -0.05) is 29.3 Å². The molecule has 0 saturated heterocycles. The van der Waals surface area contributed by atoms with Gasteiger partial charge in [0, 0.05) is 11.0 Å². The lowest BCUT2D eigenvalue weighted by molar-refractivity contribution is 0.391. The van der Waals surface area contributed by atoms with Crippen molar-refractivity contribution in [2.24, 2.45) is 5.41 Å². The highest BCUT2D eigenvalue weighted by molar-refractivity contribution is 9.10. The van der Waals surface area contributed by atoms with Crippen LogP contribution in [-0.2, 0) is 6.54 Å². The number of imidazole rings is 1. The van der Waals surface area contributed by atoms with Crippen molar-refractivity contribution in [3.63, 3.8) is 0 Å². The Morgan fingerprint density at radius 3 is 2.89 bits per heavy atom. The molecule has 0 aliphatic heterocycles. The van der Waals surface area contributed by atoms with E-state index >= 15 is 0 Å². The van der Waals surface area contributed by atoms with Crippen LogP contribution in [0.3, 0.4) is 0 Å². The van der Waals surface area contributed by atoms with Gasteiger partial charge in [0.25, 0.3) is 0 Å². The van der Waals surface area contributed by atoms with Gasteiger partial charge in [0.15, 0.2) is 4.77 Å². The Hall–Kier alpha value is -0.610. The molecule has 1 fully saturated rings. The van der Waals surface area contributed by atoms with Crippen molar-refractivity contribution >= 4 is 39.2 Å². The molecule has 1 heterocycles. The van der Waals surface area contributed by atoms with Gasteiger partial charge in [-0.15, -0.1) is 0 Å². The van der Waals surface area contributed by atoms with E-state index in [2.05, 4.69) is 50.6 Å². The van der Waals surface area contributed by atoms with E-state index in [4.69, 9.17) is 12.2 Å². The maximum atomic E-state index is 5.47. The third kappa shape index (κ3) is 2.16. The average Bonchev–Trinajstić information content (AvgIpc) is 3.00. The fraction of sp³-hybridized carbons (Fsp3) is 0.500. The quantitative estimate of drug-likeness (QED) is 0.781. The summed E-state index contributed by atoms with van der Waals surface area (Å²) in [6.07, 6.45) is 5.29. The number of hydrogen-bond acceptors (Lipinski definition) is 1. The maximum absolute atomic E-state index is 5.47. The first-order valence-corrected chi connectivity index (χ1v) is 7.72. The second-order valence-corrected chi connectivity index (χ2v) is 6.73. The van der Waals surface area contributed by atoms with Crippen molar-refractivity contribution in [1.82, 2.24) is 9.55 Å². The van der Waals surface area contributed by atoms with Crippen molar-refractivity contribution in [3.8, 4) is 0 Å². The smallest absolute Gasteiger partial charge is 0.178 e. The molecule has 96 valence electrons. The Morgan fingerprint density at radius 2 is 2.22 bits per heavy atom. The zero-order valence-electron chi connectivity index (χ0n) is 10.5. The van der Waals surface area contributed by atoms with Crippen molar-refractivity contribution in [2.45, 2.75) is 39.2 Å². The second kappa shape index (κ2) is 4.49. The summed E-state index contributed by atoms with van der Waals surface area (Å²) in [6, 6.07) is 6.33. The van der Waals surface area contributed by atoms with E-state index in [0.29, 0.717) is 5.41 Å². The third-order valence-electron chi connectivity index (χ3n) is 3.97. The molecule has 4 heteroatoms. The molecular weight excluding hydrogens is 308 g/mol. The zero-order chi connectivity index (χ0) is 12.8. The molecular formula is C14H17BrN2S. The lowest BCUT2D eigenvalue weighted by Gasteiger charge is -2.15. The number of fused-ring (bicyclic) bond motifs is 1. The van der Waals surface area contributed by atoms with E-state index in [1.807, 2.05) is 0 Å². The van der Waals surface area contributed by atoms with Crippen LogP contribution >= 0.6 is 28.1 Å². The molecule has 0 unspecified atom stereocenters. The Labute approximate surface area is 121 Å². The monoisotopic (exact) mass is 324 g/mol. The van der Waals surface area contributed by atoms with Crippen LogP contribution in [0.1, 0.15) is 32.6 Å². The number of benzene rings is 1. The number of nitrogens with one attached hydrogen (secondary N) is 1. The van der Waals surface area contributed by atoms with Crippen molar-refractivity contribution < 1.29 is 0 Å². The van der Waals surface area contributed by atoms with Crippen LogP contribution < -0.4 is 0 Å². The van der Waals surface area contributed by atoms with Gasteiger partial charge < -0.3 is 9.55 Å². The van der Waals surface area contributed by atoms with Crippen LogP contribution in [-0.4, -0.2) is 9.55 Å². The van der Waals surface area contributed by atoms with Crippen LogP contribution in [0, 0.1) is 10.2 Å². The van der Waals surface area contributed by atoms with Gasteiger partial charge in [-0.25, -0.2) is 0 Å². The molecule has 1 saturated carbocycles. The van der Waals surface area contributed by atoms with Crippen LogP contribution in [0.25, 0.3) is 11.0 Å². The zero-order valence-corrected chi connectivity index (χ0v) is 12.9. The number of aromatic nitrogens is 2. The molecule has 1 aliphatic carbocycles. The van der Waals surface area contributed by atoms with Gasteiger partial charge in [-0.2, -0.15) is 0 Å². The molecule has 1 aromatic heterocycles. The number of halogens is 1. The van der Waals surface area contributed by atoms with E-state index in [1.165, 1.54) is 31.2 Å². The summed E-state index contributed by atoms with van der Waals surface area (Å²) in [5, 5.41) is 0. The summed E-state index contributed by atoms with van der Waals surface area (Å²) in [7, 11) is 0. The number of aromatic amines is 1. The first-order valence-electron chi connectivity index (χ1n) is 6.52. The fourth-order valence-electron chi connectivity index (χ4n) is 2.82. The molecule has 18 heavy (non-hydrogen) atoms. The van der Waals surface area contributed by atoms with E-state index in [1.54, 1.807) is 0 Å². The second-order valence-electron chi connectivity index (χ2n) is 5.43. The predicted octanol–water partition coefficient (Wildman–Crippen LogP) is 5.04. The lowest BCUT2D eigenvalue weighted by Crippen LogP contribution is -2.11. The predicted molar refractivity (Wildman–Crippen MR) is 81.4 cm³/mol. The molecule has 1 aromatic carbocycles. The summed E-state index contributed by atoms with van der Waals surface area (Å²) < 4.78 is 4.22. The average molecular weight is 325 g/mol. The summed E-state index contributed by atoms with van der Waals surface area (Å²) in [4.78, 5) is 3.31. The van der Waals surface area contributed by atoms with E-state index in [9.17, 15) is 0 Å². The highest BCUT2D eigenvalue weighted by atomic mass is 79.9. The minimum atomic E-state index is 0.523. The van der Waals surface area contributed by atoms with E-state index < -0.39 is 0 Å². The molecule has 3 rings (SSSR count). The number of rotatable bonds is 4. The van der Waals surface area contributed by atoms with Crippen LogP contribution in [0.5, 0.6) is 0 Å². The Kier molecular flexibility index (Phi) is 3.10. The molecule has 0 bridgehead atoms. The molecule has 0 spiro atoms. The topological polar surface area (TPSA) is 20.7 Å². The van der Waals surface area contributed by atoms with Crippen LogP contribution in [0.2, 0.25) is 0 Å². The highest BCUT2D eigenvalue weighted by Crippen LogP contribution is 2.51.